The van der Waals surface area contributed by atoms with Crippen molar-refractivity contribution in [1.82, 2.24) is 57.3 Å². The summed E-state index contributed by atoms with van der Waals surface area (Å²) in [5, 5.41) is 12.7. The van der Waals surface area contributed by atoms with Crippen molar-refractivity contribution in [2.75, 3.05) is 0 Å². The third-order valence-corrected chi connectivity index (χ3v) is 25.5. The largest absolute Gasteiger partial charge is 0.456 e. The van der Waals surface area contributed by atoms with Gasteiger partial charge in [0.1, 0.15) is 34.5 Å². The quantitative estimate of drug-likeness (QED) is 0.138. The Kier molecular flexibility index (Phi) is 13.3. The average molecular weight is 1570 g/mol. The lowest BCUT2D eigenvalue weighted by Gasteiger charge is -2.22. The van der Waals surface area contributed by atoms with Crippen LogP contribution in [0.2, 0.25) is 0 Å². The van der Waals surface area contributed by atoms with Crippen LogP contribution in [0.1, 0.15) is 0 Å². The highest BCUT2D eigenvalue weighted by Crippen LogP contribution is 2.53. The molecule has 0 spiro atoms. The molecule has 0 atom stereocenters. The van der Waals surface area contributed by atoms with Crippen LogP contribution in [-0.4, -0.2) is 57.3 Å². The van der Waals surface area contributed by atoms with E-state index in [0.717, 1.165) is 238 Å². The fraction of sp³-hybridized carbons (Fsp3) is 0. The van der Waals surface area contributed by atoms with Crippen molar-refractivity contribution in [3.63, 3.8) is 0 Å². The van der Waals surface area contributed by atoms with Crippen molar-refractivity contribution >= 4 is 131 Å². The van der Waals surface area contributed by atoms with Gasteiger partial charge in [0.15, 0.2) is 5.82 Å². The normalized spacial score (nSPS) is 12.6. The SMILES string of the molecule is c1ccc(-n2ccc3cc4c(cc32)c2ccccc2n4-c2nc3c4c(cccc4n2)Oc2cc(-c4ccc5c(c4)c4cc6ccn(-c7nc8c9c(cccc9n7)Oc7cc(-c9cc%10c%11ccccc%11n(-c%11ccccc%11)c%10c%10c9ccn%10-c9ccc(-c%10nc%11c%12c(cccc%12n%10)Oc%10ccccc%10-%11)cc9)ccc7-8)c6cc4n5-c4ccccc4)ccc2-3)cc1. The van der Waals surface area contributed by atoms with Gasteiger partial charge in [0.2, 0.25) is 11.9 Å². The van der Waals surface area contributed by atoms with Crippen molar-refractivity contribution in [1.29, 1.82) is 0 Å². The minimum Gasteiger partial charge on any atom is -0.456 e. The van der Waals surface area contributed by atoms with Gasteiger partial charge in [-0.2, -0.15) is 0 Å². The maximum Gasteiger partial charge on any atom is 0.235 e. The fourth-order valence-corrected chi connectivity index (χ4v) is 20.0. The van der Waals surface area contributed by atoms with E-state index >= 15 is 0 Å². The Morgan fingerprint density at radius 2 is 0.699 bits per heavy atom. The summed E-state index contributed by atoms with van der Waals surface area (Å²) in [7, 11) is 0. The summed E-state index contributed by atoms with van der Waals surface area (Å²) in [5.41, 5.74) is 26.5. The zero-order valence-electron chi connectivity index (χ0n) is 65.2. The van der Waals surface area contributed by atoms with Crippen LogP contribution in [0.3, 0.4) is 0 Å². The number of fused-ring (bicyclic) bond motifs is 19. The molecule has 25 aromatic rings. The Morgan fingerprint density at radius 3 is 1.42 bits per heavy atom. The lowest BCUT2D eigenvalue weighted by Crippen LogP contribution is -2.06. The second kappa shape index (κ2) is 24.8. The van der Waals surface area contributed by atoms with Crippen LogP contribution in [0.25, 0.3) is 233 Å². The van der Waals surface area contributed by atoms with E-state index in [-0.39, 0.29) is 0 Å². The first-order chi connectivity index (χ1) is 60.9. The summed E-state index contributed by atoms with van der Waals surface area (Å²) in [5.74, 6) is 6.19. The van der Waals surface area contributed by atoms with E-state index in [1.165, 1.54) is 0 Å². The first kappa shape index (κ1) is 66.0. The molecule has 3 aliphatic rings. The first-order valence-electron chi connectivity index (χ1n) is 41.3. The van der Waals surface area contributed by atoms with Gasteiger partial charge in [-0.05, 0) is 229 Å². The number of rotatable bonds is 9. The zero-order chi connectivity index (χ0) is 80.0. The Hall–Kier alpha value is -17.0. The Labute approximate surface area is 698 Å². The van der Waals surface area contributed by atoms with Crippen molar-refractivity contribution in [2.24, 2.45) is 0 Å². The second-order valence-corrected chi connectivity index (χ2v) is 32.1. The molecule has 0 aliphatic carbocycles. The van der Waals surface area contributed by atoms with E-state index in [1.807, 2.05) is 60.7 Å². The van der Waals surface area contributed by atoms with Gasteiger partial charge in [-0.1, -0.05) is 140 Å². The molecular formula is C108H60N12O3. The van der Waals surface area contributed by atoms with E-state index in [0.29, 0.717) is 29.2 Å². The monoisotopic (exact) mass is 1570 g/mol. The van der Waals surface area contributed by atoms with Crippen molar-refractivity contribution in [2.45, 2.75) is 0 Å². The molecule has 0 N–H and O–H groups in total. The number of benzene rings is 16. The number of hydrogen-bond acceptors (Lipinski definition) is 9. The van der Waals surface area contributed by atoms with E-state index in [1.54, 1.807) is 0 Å². The molecule has 15 nitrogen and oxygen atoms in total. The molecule has 570 valence electrons. The summed E-state index contributed by atoms with van der Waals surface area (Å²) in [6.45, 7) is 0. The lowest BCUT2D eigenvalue weighted by molar-refractivity contribution is 0.486. The topological polar surface area (TPSA) is 135 Å². The van der Waals surface area contributed by atoms with E-state index in [4.69, 9.17) is 44.1 Å². The molecule has 16 aromatic carbocycles. The van der Waals surface area contributed by atoms with Gasteiger partial charge in [-0.15, -0.1) is 0 Å². The molecule has 0 fully saturated rings. The summed E-state index contributed by atoms with van der Waals surface area (Å²) in [4.78, 5) is 32.3. The standard InChI is InChI=1S/C108H60N12O3/c1-4-19-67(20-5-1)115-50-47-66-55-90-80(59-88(66)115)71-25-10-14-32-86(71)120(90)108-111-84-30-18-36-95-100(84)103(114-108)75-44-39-63(56-96(75)122-95)62-41-46-87-78(53-62)79-54-65-48-51-117(89(65)60-91(79)118(87)69-21-6-2-7-22-69)107-110-83-29-17-35-94-99(83)102(113-107)76-45-40-64(57-97(76)123-94)77-58-81-72-26-11-13-31-85(72)119(70-23-8-3-9-24-70)105(81)104-73(77)49-52-116(104)68-42-37-61(38-43-68)106-109-82-28-16-34-93-98(82)101(112-106)74-27-12-15-33-92(74)121-93/h1-60H. The van der Waals surface area contributed by atoms with Crippen LogP contribution in [-0.2, 0) is 0 Å². The van der Waals surface area contributed by atoms with Gasteiger partial charge in [-0.25, -0.2) is 29.9 Å². The van der Waals surface area contributed by atoms with E-state index in [2.05, 4.69) is 331 Å². The van der Waals surface area contributed by atoms with Gasteiger partial charge in [0, 0.05) is 112 Å². The number of para-hydroxylation sites is 6. The number of hydrogen-bond donors (Lipinski definition) is 0. The van der Waals surface area contributed by atoms with Gasteiger partial charge in [0.05, 0.1) is 99.4 Å². The minimum atomic E-state index is 0.551. The van der Waals surface area contributed by atoms with Gasteiger partial charge in [0.25, 0.3) is 0 Å². The van der Waals surface area contributed by atoms with Gasteiger partial charge < -0.3 is 32.5 Å². The second-order valence-electron chi connectivity index (χ2n) is 32.1. The predicted octanol–water partition coefficient (Wildman–Crippen LogP) is 27.0. The van der Waals surface area contributed by atoms with Crippen LogP contribution >= 0.6 is 0 Å². The Balaban J connectivity index is 0.546. The van der Waals surface area contributed by atoms with Crippen LogP contribution in [0, 0.1) is 0 Å². The molecule has 0 amide bonds. The molecular weight excluding hydrogens is 1510 g/mol. The van der Waals surface area contributed by atoms with Crippen molar-refractivity contribution in [3.8, 4) is 137 Å². The highest BCUT2D eigenvalue weighted by molar-refractivity contribution is 6.23. The van der Waals surface area contributed by atoms with Crippen LogP contribution < -0.4 is 14.2 Å². The Bertz CT molecular complexity index is 8990. The molecule has 0 saturated carbocycles. The maximum absolute atomic E-state index is 7.08. The highest BCUT2D eigenvalue weighted by Gasteiger charge is 2.32. The molecule has 123 heavy (non-hydrogen) atoms. The van der Waals surface area contributed by atoms with Crippen molar-refractivity contribution < 1.29 is 14.2 Å². The van der Waals surface area contributed by atoms with E-state index in [9.17, 15) is 0 Å². The summed E-state index contributed by atoms with van der Waals surface area (Å²) >= 11 is 0. The van der Waals surface area contributed by atoms with Crippen molar-refractivity contribution in [3.05, 3.63) is 364 Å². The predicted molar refractivity (Wildman–Crippen MR) is 492 cm³/mol. The average Bonchev–Trinajstić information content (AvgIpc) is 1.38. The fourth-order valence-electron chi connectivity index (χ4n) is 20.0. The van der Waals surface area contributed by atoms with Crippen LogP contribution in [0.5, 0.6) is 34.5 Å². The third kappa shape index (κ3) is 9.52. The summed E-state index contributed by atoms with van der Waals surface area (Å²) in [6.07, 6.45) is 6.46. The molecule has 12 heterocycles. The summed E-state index contributed by atoms with van der Waals surface area (Å²) < 4.78 is 34.1. The number of nitrogens with zero attached hydrogens (tertiary/aromatic N) is 12. The molecule has 0 radical (unpaired) electrons. The van der Waals surface area contributed by atoms with Gasteiger partial charge >= 0.3 is 0 Å². The maximum atomic E-state index is 7.08. The van der Waals surface area contributed by atoms with Crippen LogP contribution in [0.15, 0.2) is 364 Å². The number of ether oxygens (including phenoxy) is 3. The molecule has 3 aliphatic heterocycles. The molecule has 28 rings (SSSR count). The van der Waals surface area contributed by atoms with Gasteiger partial charge in [-0.3, -0.25) is 9.13 Å². The molecule has 15 heteroatoms. The molecule has 9 aromatic heterocycles. The Morgan fingerprint density at radius 1 is 0.211 bits per heavy atom. The number of aromatic nitrogens is 12. The zero-order valence-corrected chi connectivity index (χ0v) is 65.2. The lowest BCUT2D eigenvalue weighted by atomic mass is 9.95. The highest BCUT2D eigenvalue weighted by atomic mass is 16.5. The summed E-state index contributed by atoms with van der Waals surface area (Å²) in [6, 6.07) is 122. The van der Waals surface area contributed by atoms with Crippen LogP contribution in [0.4, 0.5) is 0 Å². The van der Waals surface area contributed by atoms with E-state index < -0.39 is 0 Å². The third-order valence-electron chi connectivity index (χ3n) is 25.5. The molecule has 0 bridgehead atoms. The molecule has 0 unspecified atom stereocenters. The molecule has 0 saturated heterocycles. The first-order valence-corrected chi connectivity index (χ1v) is 41.3. The minimum absolute atomic E-state index is 0.551. The smallest absolute Gasteiger partial charge is 0.235 e.